The maximum absolute atomic E-state index is 10.0. The minimum absolute atomic E-state index is 0.163. The van der Waals surface area contributed by atoms with E-state index in [9.17, 15) is 10.2 Å². The number of aromatic nitrogens is 3. The molecule has 0 spiro atoms. The molecule has 0 fully saturated rings. The normalized spacial score (nSPS) is 10.7. The van der Waals surface area contributed by atoms with E-state index in [0.717, 1.165) is 22.3 Å². The molecule has 5 N–H and O–H groups in total. The van der Waals surface area contributed by atoms with Gasteiger partial charge in [0.05, 0.1) is 0 Å². The largest absolute Gasteiger partial charge is 0.508 e. The number of phenols is 2. The van der Waals surface area contributed by atoms with Gasteiger partial charge in [0.15, 0.2) is 0 Å². The summed E-state index contributed by atoms with van der Waals surface area (Å²) in [5.41, 5.74) is 9.42. The van der Waals surface area contributed by atoms with Crippen LogP contribution in [0.15, 0.2) is 36.4 Å². The third kappa shape index (κ3) is 4.60. The van der Waals surface area contributed by atoms with E-state index >= 15 is 0 Å². The quantitative estimate of drug-likeness (QED) is 0.558. The topological polar surface area (TPSA) is 117 Å². The van der Waals surface area contributed by atoms with Crippen molar-refractivity contribution in [1.29, 1.82) is 0 Å². The third-order valence-electron chi connectivity index (χ3n) is 3.78. The average molecular weight is 351 g/mol. The van der Waals surface area contributed by atoms with Crippen molar-refractivity contribution < 1.29 is 10.2 Å². The fourth-order valence-corrected chi connectivity index (χ4v) is 2.89. The Balaban J connectivity index is 1.76. The summed E-state index contributed by atoms with van der Waals surface area (Å²) in [4.78, 5) is 12.1. The standard InChI is InChI=1S/C19H21N5O2/c1-11-3-13(7-16(25)4-11)5-14-6-15(9-17(26)8-14)10-21-19-23-12(2)22-18(20)24-19/h3-4,6-9,25-26H,5,10H2,1-2H3,(H3,20,21,22,23,24). The number of hydrogen-bond acceptors (Lipinski definition) is 7. The van der Waals surface area contributed by atoms with Crippen LogP contribution < -0.4 is 11.1 Å². The molecule has 0 saturated carbocycles. The summed E-state index contributed by atoms with van der Waals surface area (Å²) in [5, 5.41) is 22.9. The summed E-state index contributed by atoms with van der Waals surface area (Å²) in [5.74, 6) is 1.52. The Labute approximate surface area is 151 Å². The number of benzene rings is 2. The van der Waals surface area contributed by atoms with Crippen molar-refractivity contribution in [2.45, 2.75) is 26.8 Å². The Morgan fingerprint density at radius 1 is 0.846 bits per heavy atom. The summed E-state index contributed by atoms with van der Waals surface area (Å²) in [6.07, 6.45) is 0.606. The van der Waals surface area contributed by atoms with Crippen LogP contribution in [0.4, 0.5) is 11.9 Å². The van der Waals surface area contributed by atoms with Crippen molar-refractivity contribution in [2.75, 3.05) is 11.1 Å². The molecule has 0 bridgehead atoms. The van der Waals surface area contributed by atoms with Gasteiger partial charge in [-0.15, -0.1) is 0 Å². The van der Waals surface area contributed by atoms with Gasteiger partial charge in [-0.1, -0.05) is 12.1 Å². The molecule has 7 heteroatoms. The molecule has 0 amide bonds. The number of nitrogens with zero attached hydrogens (tertiary/aromatic N) is 3. The van der Waals surface area contributed by atoms with E-state index in [2.05, 4.69) is 20.3 Å². The number of anilines is 2. The van der Waals surface area contributed by atoms with E-state index in [1.54, 1.807) is 31.2 Å². The fourth-order valence-electron chi connectivity index (χ4n) is 2.89. The van der Waals surface area contributed by atoms with Gasteiger partial charge in [0.2, 0.25) is 11.9 Å². The second-order valence-corrected chi connectivity index (χ2v) is 6.28. The van der Waals surface area contributed by atoms with Crippen LogP contribution in [0.3, 0.4) is 0 Å². The summed E-state index contributed by atoms with van der Waals surface area (Å²) >= 11 is 0. The minimum Gasteiger partial charge on any atom is -0.508 e. The highest BCUT2D eigenvalue weighted by molar-refractivity contribution is 5.41. The monoisotopic (exact) mass is 351 g/mol. The van der Waals surface area contributed by atoms with Gasteiger partial charge in [-0.2, -0.15) is 15.0 Å². The van der Waals surface area contributed by atoms with Crippen LogP contribution in [0.5, 0.6) is 11.5 Å². The van der Waals surface area contributed by atoms with Crippen LogP contribution >= 0.6 is 0 Å². The molecule has 0 unspecified atom stereocenters. The number of aryl methyl sites for hydroxylation is 2. The zero-order valence-corrected chi connectivity index (χ0v) is 14.7. The summed E-state index contributed by atoms with van der Waals surface area (Å²) in [7, 11) is 0. The third-order valence-corrected chi connectivity index (χ3v) is 3.78. The first kappa shape index (κ1) is 17.5. The van der Waals surface area contributed by atoms with Crippen molar-refractivity contribution in [2.24, 2.45) is 0 Å². The molecule has 1 aromatic heterocycles. The van der Waals surface area contributed by atoms with Crippen molar-refractivity contribution in [3.8, 4) is 11.5 Å². The van der Waals surface area contributed by atoms with Gasteiger partial charge in [-0.25, -0.2) is 0 Å². The molecular weight excluding hydrogens is 330 g/mol. The van der Waals surface area contributed by atoms with Crippen molar-refractivity contribution in [3.05, 3.63) is 64.5 Å². The Morgan fingerprint density at radius 3 is 2.19 bits per heavy atom. The average Bonchev–Trinajstić information content (AvgIpc) is 2.50. The zero-order valence-electron chi connectivity index (χ0n) is 14.7. The van der Waals surface area contributed by atoms with Gasteiger partial charge >= 0.3 is 0 Å². The zero-order chi connectivity index (χ0) is 18.7. The highest BCUT2D eigenvalue weighted by atomic mass is 16.3. The van der Waals surface area contributed by atoms with E-state index in [0.29, 0.717) is 24.7 Å². The SMILES string of the molecule is Cc1cc(O)cc(Cc2cc(O)cc(CNc3nc(C)nc(N)n3)c2)c1. The molecule has 3 aromatic rings. The molecular formula is C19H21N5O2. The number of phenolic OH excluding ortho intramolecular Hbond substituents is 2. The smallest absolute Gasteiger partial charge is 0.227 e. The van der Waals surface area contributed by atoms with Gasteiger partial charge in [0, 0.05) is 6.54 Å². The molecule has 2 aromatic carbocycles. The summed E-state index contributed by atoms with van der Waals surface area (Å²) < 4.78 is 0. The molecule has 1 heterocycles. The fraction of sp³-hybridized carbons (Fsp3) is 0.211. The lowest BCUT2D eigenvalue weighted by Gasteiger charge is -2.10. The lowest BCUT2D eigenvalue weighted by Crippen LogP contribution is -2.08. The molecule has 0 atom stereocenters. The van der Waals surface area contributed by atoms with Crippen molar-refractivity contribution in [1.82, 2.24) is 15.0 Å². The van der Waals surface area contributed by atoms with E-state index in [1.807, 2.05) is 19.1 Å². The molecule has 0 aliphatic heterocycles. The van der Waals surface area contributed by atoms with E-state index in [-0.39, 0.29) is 17.4 Å². The minimum atomic E-state index is 0.163. The van der Waals surface area contributed by atoms with E-state index < -0.39 is 0 Å². The lowest BCUT2D eigenvalue weighted by atomic mass is 10.0. The predicted molar refractivity (Wildman–Crippen MR) is 100 cm³/mol. The maximum atomic E-state index is 10.0. The van der Waals surface area contributed by atoms with Crippen LogP contribution in [-0.4, -0.2) is 25.2 Å². The Morgan fingerprint density at radius 2 is 1.50 bits per heavy atom. The van der Waals surface area contributed by atoms with Gasteiger partial charge in [0.25, 0.3) is 0 Å². The van der Waals surface area contributed by atoms with Crippen LogP contribution in [0, 0.1) is 13.8 Å². The number of nitrogens with two attached hydrogens (primary N) is 1. The van der Waals surface area contributed by atoms with Crippen molar-refractivity contribution >= 4 is 11.9 Å². The first-order valence-corrected chi connectivity index (χ1v) is 8.21. The second kappa shape index (κ2) is 7.26. The van der Waals surface area contributed by atoms with Gasteiger partial charge < -0.3 is 21.3 Å². The molecule has 0 aliphatic carbocycles. The molecule has 26 heavy (non-hydrogen) atoms. The number of hydrogen-bond donors (Lipinski definition) is 4. The number of aromatic hydroxyl groups is 2. The summed E-state index contributed by atoms with van der Waals surface area (Å²) in [6, 6.07) is 10.8. The van der Waals surface area contributed by atoms with Gasteiger partial charge in [-0.05, 0) is 66.8 Å². The predicted octanol–water partition coefficient (Wildman–Crippen LogP) is 2.68. The first-order chi connectivity index (χ1) is 12.4. The Hall–Kier alpha value is -3.35. The summed E-state index contributed by atoms with van der Waals surface area (Å²) in [6.45, 7) is 4.11. The van der Waals surface area contributed by atoms with E-state index in [4.69, 9.17) is 5.73 Å². The van der Waals surface area contributed by atoms with Crippen LogP contribution in [-0.2, 0) is 13.0 Å². The number of nitrogens with one attached hydrogen (secondary N) is 1. The van der Waals surface area contributed by atoms with Gasteiger partial charge in [0.1, 0.15) is 17.3 Å². The molecule has 7 nitrogen and oxygen atoms in total. The molecule has 0 radical (unpaired) electrons. The lowest BCUT2D eigenvalue weighted by molar-refractivity contribution is 0.474. The van der Waals surface area contributed by atoms with Crippen molar-refractivity contribution in [3.63, 3.8) is 0 Å². The first-order valence-electron chi connectivity index (χ1n) is 8.21. The Kier molecular flexibility index (Phi) is 4.88. The number of rotatable bonds is 5. The molecule has 0 saturated heterocycles. The van der Waals surface area contributed by atoms with Crippen LogP contribution in [0.25, 0.3) is 0 Å². The van der Waals surface area contributed by atoms with E-state index in [1.165, 1.54) is 0 Å². The molecule has 0 aliphatic rings. The van der Waals surface area contributed by atoms with Crippen LogP contribution in [0.1, 0.15) is 28.1 Å². The molecule has 134 valence electrons. The number of nitrogen functional groups attached to an aromatic ring is 1. The second-order valence-electron chi connectivity index (χ2n) is 6.28. The highest BCUT2D eigenvalue weighted by Crippen LogP contribution is 2.22. The Bertz CT molecular complexity index is 903. The maximum Gasteiger partial charge on any atom is 0.227 e. The highest BCUT2D eigenvalue weighted by Gasteiger charge is 2.06. The van der Waals surface area contributed by atoms with Gasteiger partial charge in [-0.3, -0.25) is 0 Å². The molecule has 3 rings (SSSR count). The van der Waals surface area contributed by atoms with Crippen LogP contribution in [0.2, 0.25) is 0 Å².